The Balaban J connectivity index is 0. The molecule has 0 atom stereocenters. The first-order chi connectivity index (χ1) is 0. The molecule has 4 heteroatoms. The van der Waals surface area contributed by atoms with E-state index in [2.05, 4.69) is 0 Å². The van der Waals surface area contributed by atoms with Gasteiger partial charge in [0, 0.05) is 77.0 Å². The van der Waals surface area contributed by atoms with Gasteiger partial charge in [0.2, 0.25) is 0 Å². The van der Waals surface area contributed by atoms with Crippen LogP contribution < -0.4 is 0 Å². The molecule has 2 radical (unpaired) electrons. The van der Waals surface area contributed by atoms with Crippen LogP contribution in [0, 0.1) is 0 Å². The van der Waals surface area contributed by atoms with Crippen molar-refractivity contribution >= 4 is 0 Å². The van der Waals surface area contributed by atoms with Crippen LogP contribution in [-0.4, -0.2) is 0 Å². The van der Waals surface area contributed by atoms with Crippen molar-refractivity contribution in [1.82, 2.24) is 0 Å². The molecule has 0 spiro atoms. The average molecular weight is 514 g/mol. The van der Waals surface area contributed by atoms with Crippen molar-refractivity contribution in [2.45, 2.75) is 0 Å². The van der Waals surface area contributed by atoms with Gasteiger partial charge in [-0.15, -0.1) is 0 Å². The molecule has 0 amide bonds. The van der Waals surface area contributed by atoms with E-state index >= 15 is 0 Å². The average Bonchev–Trinajstić information content (AvgIpc) is 0. The summed E-state index contributed by atoms with van der Waals surface area (Å²) in [6.45, 7) is 0. The first kappa shape index (κ1) is 32.0. The maximum atomic E-state index is 0. The van der Waals surface area contributed by atoms with Crippen LogP contribution in [0.3, 0.4) is 0 Å². The van der Waals surface area contributed by atoms with Gasteiger partial charge in [-0.3, -0.25) is 0 Å². The zero-order chi connectivity index (χ0) is 0. The van der Waals surface area contributed by atoms with Gasteiger partial charge in [-0.05, 0) is 0 Å². The van der Waals surface area contributed by atoms with Crippen molar-refractivity contribution < 1.29 is 77.0 Å². The zero-order valence-corrected chi connectivity index (χ0v) is 7.60. The first-order valence-electron chi connectivity index (χ1n) is 0. The third kappa shape index (κ3) is 8.82. The first-order valence-corrected chi connectivity index (χ1v) is 0. The Kier molecular flexibility index (Phi) is 144. The van der Waals surface area contributed by atoms with E-state index in [0.29, 0.717) is 0 Å². The summed E-state index contributed by atoms with van der Waals surface area (Å²) in [4.78, 5) is 0. The molecule has 4 heavy (non-hydrogen) atoms. The molecule has 0 rings (SSSR count). The van der Waals surface area contributed by atoms with Crippen molar-refractivity contribution in [1.29, 1.82) is 0 Å². The van der Waals surface area contributed by atoms with Crippen molar-refractivity contribution in [3.8, 4) is 0 Å². The molecule has 0 aromatic rings. The van der Waals surface area contributed by atoms with E-state index in [1.165, 1.54) is 0 Å². The van der Waals surface area contributed by atoms with E-state index in [0.717, 1.165) is 0 Å². The summed E-state index contributed by atoms with van der Waals surface area (Å²) < 4.78 is 0. The van der Waals surface area contributed by atoms with Crippen molar-refractivity contribution in [2.24, 2.45) is 0 Å². The summed E-state index contributed by atoms with van der Waals surface area (Å²) in [5, 5.41) is 0. The molecule has 0 aromatic carbocycles. The summed E-state index contributed by atoms with van der Waals surface area (Å²) in [5.41, 5.74) is 0. The maximum Gasteiger partial charge on any atom is 0 e. The standard InChI is InChI=1S/Au.Cu.Ni.Pt. The van der Waals surface area contributed by atoms with Gasteiger partial charge in [-0.2, -0.15) is 0 Å². The summed E-state index contributed by atoms with van der Waals surface area (Å²) in [6.07, 6.45) is 0. The Morgan fingerprint density at radius 2 is 1.00 bits per heavy atom. The van der Waals surface area contributed by atoms with E-state index in [1.807, 2.05) is 0 Å². The fourth-order valence-corrected chi connectivity index (χ4v) is 0. The minimum atomic E-state index is 0. The molecule has 0 unspecified atom stereocenters. The van der Waals surface area contributed by atoms with E-state index in [-0.39, 0.29) is 77.0 Å². The van der Waals surface area contributed by atoms with Crippen LogP contribution in [0.2, 0.25) is 0 Å². The predicted molar refractivity (Wildman–Crippen MR) is 0 cm³/mol. The Hall–Kier alpha value is 2.44. The molecular formula is AuCuNiPt. The smallest absolute Gasteiger partial charge is 0 e. The van der Waals surface area contributed by atoms with Gasteiger partial charge in [0.25, 0.3) is 0 Å². The van der Waals surface area contributed by atoms with E-state index < -0.39 is 0 Å². The summed E-state index contributed by atoms with van der Waals surface area (Å²) in [6, 6.07) is 0. The Labute approximate surface area is 76.0 Å². The van der Waals surface area contributed by atoms with Gasteiger partial charge < -0.3 is 0 Å². The summed E-state index contributed by atoms with van der Waals surface area (Å²) >= 11 is 0. The van der Waals surface area contributed by atoms with E-state index in [1.54, 1.807) is 0 Å². The fourth-order valence-electron chi connectivity index (χ4n) is 0. The monoisotopic (exact) mass is 513 g/mol. The third-order valence-electron chi connectivity index (χ3n) is 0. The van der Waals surface area contributed by atoms with Crippen LogP contribution in [0.4, 0.5) is 0 Å². The molecule has 0 aromatic heterocycles. The molecule has 0 aliphatic carbocycles. The molecular weight excluding hydrogens is 514 g/mol. The molecule has 42 valence electrons. The van der Waals surface area contributed by atoms with Crippen LogP contribution in [0.25, 0.3) is 0 Å². The normalized spacial score (nSPS) is 0. The molecule has 0 N–H and O–H groups in total. The quantitative estimate of drug-likeness (QED) is 0.400. The van der Waals surface area contributed by atoms with Crippen LogP contribution in [0.5, 0.6) is 0 Å². The molecule has 0 saturated heterocycles. The Bertz CT molecular complexity index is 8.00. The second-order valence-corrected chi connectivity index (χ2v) is 0. The Morgan fingerprint density at radius 1 is 1.00 bits per heavy atom. The molecule has 0 saturated carbocycles. The van der Waals surface area contributed by atoms with Crippen molar-refractivity contribution in [2.75, 3.05) is 0 Å². The molecule has 0 fully saturated rings. The second kappa shape index (κ2) is 18.0. The second-order valence-electron chi connectivity index (χ2n) is 0. The summed E-state index contributed by atoms with van der Waals surface area (Å²) in [7, 11) is 0. The van der Waals surface area contributed by atoms with Gasteiger partial charge in [0.1, 0.15) is 0 Å². The molecule has 0 nitrogen and oxygen atoms in total. The van der Waals surface area contributed by atoms with Crippen LogP contribution in [-0.2, 0) is 77.0 Å². The Morgan fingerprint density at radius 3 is 1.00 bits per heavy atom. The van der Waals surface area contributed by atoms with Crippen LogP contribution in [0.15, 0.2) is 0 Å². The van der Waals surface area contributed by atoms with E-state index in [9.17, 15) is 0 Å². The van der Waals surface area contributed by atoms with Gasteiger partial charge in [-0.1, -0.05) is 0 Å². The molecule has 0 bridgehead atoms. The summed E-state index contributed by atoms with van der Waals surface area (Å²) in [5.74, 6) is 0. The van der Waals surface area contributed by atoms with Gasteiger partial charge in [0.05, 0.1) is 0 Å². The number of hydrogen-bond acceptors (Lipinski definition) is 0. The van der Waals surface area contributed by atoms with Gasteiger partial charge >= 0.3 is 0 Å². The third-order valence-corrected chi connectivity index (χ3v) is 0. The van der Waals surface area contributed by atoms with Crippen molar-refractivity contribution in [3.05, 3.63) is 0 Å². The van der Waals surface area contributed by atoms with Gasteiger partial charge in [-0.25, -0.2) is 0 Å². The molecule has 0 aliphatic heterocycles. The zero-order valence-electron chi connectivity index (χ0n) is 1.24. The van der Waals surface area contributed by atoms with Crippen LogP contribution >= 0.6 is 0 Å². The maximum absolute atomic E-state index is 0. The molecule has 0 aliphatic rings. The molecule has 0 heterocycles. The fraction of sp³-hybridized carbons (Fsp3) is 0. The topological polar surface area (TPSA) is 0 Å². The largest absolute Gasteiger partial charge is 0 e. The predicted octanol–water partition coefficient (Wildman–Crippen LogP) is -0.0100. The van der Waals surface area contributed by atoms with Crippen LogP contribution in [0.1, 0.15) is 0 Å². The SMILES string of the molecule is [Au].[Cu].[Ni].[Pt]. The number of rotatable bonds is 0. The van der Waals surface area contributed by atoms with Crippen molar-refractivity contribution in [3.63, 3.8) is 0 Å². The minimum Gasteiger partial charge on any atom is 0 e. The minimum absolute atomic E-state index is 0. The van der Waals surface area contributed by atoms with E-state index in [4.69, 9.17) is 0 Å². The van der Waals surface area contributed by atoms with Gasteiger partial charge in [0.15, 0.2) is 0 Å². The number of hydrogen-bond donors (Lipinski definition) is 0.